The summed E-state index contributed by atoms with van der Waals surface area (Å²) in [6.45, 7) is 0. The summed E-state index contributed by atoms with van der Waals surface area (Å²) < 4.78 is 12.9. The summed E-state index contributed by atoms with van der Waals surface area (Å²) in [5, 5.41) is 2.87. The standard InChI is InChI=1S/C11H7ClFN3O/c12-9-1-2-14-6-10(9)16-11(17)7-3-8(13)5-15-4-7/h1-6H,(H,16,17). The Bertz CT molecular complexity index is 562. The minimum Gasteiger partial charge on any atom is -0.319 e. The summed E-state index contributed by atoms with van der Waals surface area (Å²) in [7, 11) is 0. The first kappa shape index (κ1) is 11.5. The Balaban J connectivity index is 2.20. The van der Waals surface area contributed by atoms with Gasteiger partial charge in [-0.2, -0.15) is 0 Å². The van der Waals surface area contributed by atoms with Gasteiger partial charge in [-0.3, -0.25) is 14.8 Å². The number of nitrogens with one attached hydrogen (secondary N) is 1. The van der Waals surface area contributed by atoms with E-state index in [2.05, 4.69) is 15.3 Å². The summed E-state index contributed by atoms with van der Waals surface area (Å²) >= 11 is 5.84. The number of hydrogen-bond acceptors (Lipinski definition) is 3. The SMILES string of the molecule is O=C(Nc1cnccc1Cl)c1cncc(F)c1. The van der Waals surface area contributed by atoms with Crippen LogP contribution in [0.15, 0.2) is 36.9 Å². The number of carbonyl (C=O) groups excluding carboxylic acids is 1. The molecule has 1 amide bonds. The van der Waals surface area contributed by atoms with Crippen molar-refractivity contribution in [1.29, 1.82) is 0 Å². The zero-order chi connectivity index (χ0) is 12.3. The Morgan fingerprint density at radius 3 is 2.82 bits per heavy atom. The molecule has 2 aromatic rings. The minimum atomic E-state index is -0.574. The van der Waals surface area contributed by atoms with Crippen LogP contribution in [0.4, 0.5) is 10.1 Å². The number of rotatable bonds is 2. The molecule has 0 bridgehead atoms. The van der Waals surface area contributed by atoms with Crippen molar-refractivity contribution in [2.75, 3.05) is 5.32 Å². The molecule has 2 aromatic heterocycles. The second-order valence-corrected chi connectivity index (χ2v) is 3.61. The fourth-order valence-electron chi connectivity index (χ4n) is 1.20. The van der Waals surface area contributed by atoms with E-state index in [0.29, 0.717) is 10.7 Å². The second kappa shape index (κ2) is 4.88. The van der Waals surface area contributed by atoms with Crippen molar-refractivity contribution in [3.63, 3.8) is 0 Å². The van der Waals surface area contributed by atoms with Crippen molar-refractivity contribution >= 4 is 23.2 Å². The van der Waals surface area contributed by atoms with Crippen LogP contribution in [0.1, 0.15) is 10.4 Å². The number of nitrogens with zero attached hydrogens (tertiary/aromatic N) is 2. The fraction of sp³-hybridized carbons (Fsp3) is 0. The molecule has 2 rings (SSSR count). The monoisotopic (exact) mass is 251 g/mol. The molecule has 0 atom stereocenters. The molecular formula is C11H7ClFN3O. The summed E-state index contributed by atoms with van der Waals surface area (Å²) in [5.41, 5.74) is 0.480. The molecule has 6 heteroatoms. The number of aromatic nitrogens is 2. The second-order valence-electron chi connectivity index (χ2n) is 3.20. The van der Waals surface area contributed by atoms with E-state index in [0.717, 1.165) is 12.3 Å². The number of carbonyl (C=O) groups is 1. The zero-order valence-corrected chi connectivity index (χ0v) is 9.28. The highest BCUT2D eigenvalue weighted by molar-refractivity contribution is 6.33. The Labute approximate surface area is 101 Å². The van der Waals surface area contributed by atoms with Crippen molar-refractivity contribution in [1.82, 2.24) is 9.97 Å². The Hall–Kier alpha value is -2.01. The van der Waals surface area contributed by atoms with Gasteiger partial charge in [0.2, 0.25) is 0 Å². The molecule has 2 heterocycles. The van der Waals surface area contributed by atoms with Crippen LogP contribution in [0.3, 0.4) is 0 Å². The number of hydrogen-bond donors (Lipinski definition) is 1. The third kappa shape index (κ3) is 2.76. The summed E-state index contributed by atoms with van der Waals surface area (Å²) in [5.74, 6) is -1.07. The number of pyridine rings is 2. The molecule has 0 saturated carbocycles. The maximum Gasteiger partial charge on any atom is 0.257 e. The van der Waals surface area contributed by atoms with Gasteiger partial charge in [-0.05, 0) is 12.1 Å². The highest BCUT2D eigenvalue weighted by Crippen LogP contribution is 2.19. The van der Waals surface area contributed by atoms with Gasteiger partial charge in [0.25, 0.3) is 5.91 Å². The van der Waals surface area contributed by atoms with E-state index in [1.54, 1.807) is 6.07 Å². The van der Waals surface area contributed by atoms with Crippen molar-refractivity contribution in [2.45, 2.75) is 0 Å². The highest BCUT2D eigenvalue weighted by Gasteiger charge is 2.09. The van der Waals surface area contributed by atoms with E-state index in [4.69, 9.17) is 11.6 Å². The van der Waals surface area contributed by atoms with Crippen LogP contribution >= 0.6 is 11.6 Å². The first-order valence-electron chi connectivity index (χ1n) is 4.68. The molecular weight excluding hydrogens is 245 g/mol. The molecule has 0 spiro atoms. The first-order valence-corrected chi connectivity index (χ1v) is 5.06. The van der Waals surface area contributed by atoms with Crippen molar-refractivity contribution < 1.29 is 9.18 Å². The van der Waals surface area contributed by atoms with E-state index < -0.39 is 11.7 Å². The Kier molecular flexibility index (Phi) is 3.30. The summed E-state index contributed by atoms with van der Waals surface area (Å²) in [6, 6.07) is 2.63. The maximum atomic E-state index is 12.9. The predicted octanol–water partition coefficient (Wildman–Crippen LogP) is 2.52. The molecule has 0 aliphatic heterocycles. The number of anilines is 1. The topological polar surface area (TPSA) is 54.9 Å². The van der Waals surface area contributed by atoms with Gasteiger partial charge in [0.05, 0.1) is 28.7 Å². The van der Waals surface area contributed by atoms with Crippen LogP contribution in [-0.2, 0) is 0 Å². The first-order chi connectivity index (χ1) is 8.16. The fourth-order valence-corrected chi connectivity index (χ4v) is 1.35. The smallest absolute Gasteiger partial charge is 0.257 e. The molecule has 0 radical (unpaired) electrons. The highest BCUT2D eigenvalue weighted by atomic mass is 35.5. The lowest BCUT2D eigenvalue weighted by Crippen LogP contribution is -2.12. The lowest BCUT2D eigenvalue weighted by atomic mass is 10.2. The van der Waals surface area contributed by atoms with Gasteiger partial charge in [-0.1, -0.05) is 11.6 Å². The Morgan fingerprint density at radius 1 is 1.29 bits per heavy atom. The largest absolute Gasteiger partial charge is 0.319 e. The van der Waals surface area contributed by atoms with Gasteiger partial charge in [-0.25, -0.2) is 4.39 Å². The molecule has 0 fully saturated rings. The van der Waals surface area contributed by atoms with Gasteiger partial charge in [0, 0.05) is 12.4 Å². The van der Waals surface area contributed by atoms with Crippen molar-refractivity contribution in [2.24, 2.45) is 0 Å². The summed E-state index contributed by atoms with van der Waals surface area (Å²) in [4.78, 5) is 19.1. The molecule has 1 N–H and O–H groups in total. The van der Waals surface area contributed by atoms with E-state index in [1.165, 1.54) is 18.6 Å². The van der Waals surface area contributed by atoms with E-state index >= 15 is 0 Å². The van der Waals surface area contributed by atoms with E-state index in [1.807, 2.05) is 0 Å². The quantitative estimate of drug-likeness (QED) is 0.892. The molecule has 0 aliphatic carbocycles. The Morgan fingerprint density at radius 2 is 2.12 bits per heavy atom. The average molecular weight is 252 g/mol. The third-order valence-corrected chi connectivity index (χ3v) is 2.31. The molecule has 86 valence electrons. The lowest BCUT2D eigenvalue weighted by Gasteiger charge is -2.05. The molecule has 4 nitrogen and oxygen atoms in total. The number of amides is 1. The van der Waals surface area contributed by atoms with Gasteiger partial charge in [0.1, 0.15) is 5.82 Å². The van der Waals surface area contributed by atoms with Gasteiger partial charge in [0.15, 0.2) is 0 Å². The third-order valence-electron chi connectivity index (χ3n) is 1.98. The van der Waals surface area contributed by atoms with Gasteiger partial charge < -0.3 is 5.32 Å². The molecule has 0 aliphatic rings. The maximum absolute atomic E-state index is 12.9. The average Bonchev–Trinajstić information content (AvgIpc) is 2.32. The van der Waals surface area contributed by atoms with Crippen molar-refractivity contribution in [3.05, 3.63) is 53.3 Å². The molecule has 17 heavy (non-hydrogen) atoms. The van der Waals surface area contributed by atoms with Crippen LogP contribution in [0.5, 0.6) is 0 Å². The van der Waals surface area contributed by atoms with Crippen LogP contribution in [-0.4, -0.2) is 15.9 Å². The summed E-state index contributed by atoms with van der Waals surface area (Å²) in [6.07, 6.45) is 5.20. The van der Waals surface area contributed by atoms with E-state index in [-0.39, 0.29) is 5.56 Å². The van der Waals surface area contributed by atoms with Crippen LogP contribution in [0, 0.1) is 5.82 Å². The van der Waals surface area contributed by atoms with Crippen LogP contribution in [0.25, 0.3) is 0 Å². The van der Waals surface area contributed by atoms with Crippen molar-refractivity contribution in [3.8, 4) is 0 Å². The van der Waals surface area contributed by atoms with Crippen LogP contribution in [0.2, 0.25) is 5.02 Å². The van der Waals surface area contributed by atoms with Gasteiger partial charge in [-0.15, -0.1) is 0 Å². The lowest BCUT2D eigenvalue weighted by molar-refractivity contribution is 0.102. The predicted molar refractivity (Wildman–Crippen MR) is 61.4 cm³/mol. The number of halogens is 2. The zero-order valence-electron chi connectivity index (χ0n) is 8.52. The van der Waals surface area contributed by atoms with Crippen LogP contribution < -0.4 is 5.32 Å². The molecule has 0 saturated heterocycles. The van der Waals surface area contributed by atoms with E-state index in [9.17, 15) is 9.18 Å². The molecule has 0 aromatic carbocycles. The van der Waals surface area contributed by atoms with Gasteiger partial charge >= 0.3 is 0 Å². The molecule has 0 unspecified atom stereocenters. The normalized spacial score (nSPS) is 10.0. The minimum absolute atomic E-state index is 0.116.